The molecule has 2 rings (SSSR count). The highest BCUT2D eigenvalue weighted by Gasteiger charge is 2.19. The molecule has 128 valence electrons. The molecule has 0 atom stereocenters. The number of aromatic nitrogens is 2. The van der Waals surface area contributed by atoms with E-state index >= 15 is 0 Å². The van der Waals surface area contributed by atoms with Crippen LogP contribution in [0.4, 0.5) is 11.5 Å². The van der Waals surface area contributed by atoms with Crippen LogP contribution in [0.5, 0.6) is 0 Å². The van der Waals surface area contributed by atoms with Crippen molar-refractivity contribution in [3.63, 3.8) is 0 Å². The zero-order chi connectivity index (χ0) is 17.5. The number of carbonyl (C=O) groups excluding carboxylic acids is 1. The smallest absolute Gasteiger partial charge is 0.277 e. The number of hydrogen-bond acceptors (Lipinski definition) is 4. The third-order valence-electron chi connectivity index (χ3n) is 3.77. The summed E-state index contributed by atoms with van der Waals surface area (Å²) in [5.41, 5.74) is 2.43. The standard InChI is InChI=1S/C19H26N4O/c1-5-7-11-20-18-13-17(21-15(4)22-18)19(24)23(6-2)16-10-8-9-14(3)12-16/h8-10,12-13H,5-7,11H2,1-4H3,(H,20,21,22). The average molecular weight is 326 g/mol. The lowest BCUT2D eigenvalue weighted by atomic mass is 10.2. The Morgan fingerprint density at radius 2 is 1.96 bits per heavy atom. The summed E-state index contributed by atoms with van der Waals surface area (Å²) in [5.74, 6) is 1.20. The Hall–Kier alpha value is -2.43. The monoisotopic (exact) mass is 326 g/mol. The average Bonchev–Trinajstić information content (AvgIpc) is 2.55. The van der Waals surface area contributed by atoms with Crippen LogP contribution in [0.2, 0.25) is 0 Å². The third-order valence-corrected chi connectivity index (χ3v) is 3.77. The highest BCUT2D eigenvalue weighted by Crippen LogP contribution is 2.19. The number of nitrogens with one attached hydrogen (secondary N) is 1. The maximum atomic E-state index is 12.9. The summed E-state index contributed by atoms with van der Waals surface area (Å²) in [4.78, 5) is 23.4. The van der Waals surface area contributed by atoms with Crippen LogP contribution in [0.25, 0.3) is 0 Å². The summed E-state index contributed by atoms with van der Waals surface area (Å²) >= 11 is 0. The Kier molecular flexibility index (Phi) is 6.29. The molecule has 1 N–H and O–H groups in total. The van der Waals surface area contributed by atoms with Gasteiger partial charge in [-0.2, -0.15) is 0 Å². The van der Waals surface area contributed by atoms with Gasteiger partial charge >= 0.3 is 0 Å². The maximum absolute atomic E-state index is 12.9. The molecule has 1 heterocycles. The van der Waals surface area contributed by atoms with Crippen molar-refractivity contribution in [1.29, 1.82) is 0 Å². The first-order valence-electron chi connectivity index (χ1n) is 8.53. The Bertz CT molecular complexity index is 700. The van der Waals surface area contributed by atoms with Gasteiger partial charge in [-0.05, 0) is 44.9 Å². The molecule has 0 saturated heterocycles. The topological polar surface area (TPSA) is 58.1 Å². The van der Waals surface area contributed by atoms with E-state index in [1.54, 1.807) is 11.0 Å². The molecule has 2 aromatic rings. The summed E-state index contributed by atoms with van der Waals surface area (Å²) in [6, 6.07) is 9.68. The second-order valence-electron chi connectivity index (χ2n) is 5.85. The van der Waals surface area contributed by atoms with Crippen LogP contribution >= 0.6 is 0 Å². The highest BCUT2D eigenvalue weighted by atomic mass is 16.2. The van der Waals surface area contributed by atoms with E-state index in [4.69, 9.17) is 0 Å². The van der Waals surface area contributed by atoms with E-state index in [0.717, 1.165) is 30.6 Å². The lowest BCUT2D eigenvalue weighted by Crippen LogP contribution is -2.31. The molecular formula is C19H26N4O. The second-order valence-corrected chi connectivity index (χ2v) is 5.85. The molecule has 0 bridgehead atoms. The fourth-order valence-corrected chi connectivity index (χ4v) is 2.54. The molecule has 0 aliphatic carbocycles. The van der Waals surface area contributed by atoms with E-state index in [1.807, 2.05) is 45.0 Å². The molecule has 0 saturated carbocycles. The molecule has 0 aliphatic rings. The molecule has 1 amide bonds. The number of nitrogens with zero attached hydrogens (tertiary/aromatic N) is 3. The lowest BCUT2D eigenvalue weighted by molar-refractivity contribution is 0.0983. The van der Waals surface area contributed by atoms with E-state index in [1.165, 1.54) is 0 Å². The van der Waals surface area contributed by atoms with E-state index < -0.39 is 0 Å². The van der Waals surface area contributed by atoms with E-state index in [-0.39, 0.29) is 5.91 Å². The SMILES string of the molecule is CCCCNc1cc(C(=O)N(CC)c2cccc(C)c2)nc(C)n1. The first-order chi connectivity index (χ1) is 11.5. The quantitative estimate of drug-likeness (QED) is 0.782. The van der Waals surface area contributed by atoms with Crippen LogP contribution in [0, 0.1) is 13.8 Å². The van der Waals surface area contributed by atoms with Crippen molar-refractivity contribution in [1.82, 2.24) is 9.97 Å². The van der Waals surface area contributed by atoms with Gasteiger partial charge in [0.05, 0.1) is 0 Å². The van der Waals surface area contributed by atoms with Crippen molar-refractivity contribution in [2.45, 2.75) is 40.5 Å². The van der Waals surface area contributed by atoms with Crippen molar-refractivity contribution in [2.75, 3.05) is 23.3 Å². The summed E-state index contributed by atoms with van der Waals surface area (Å²) < 4.78 is 0. The molecule has 1 aromatic carbocycles. The number of anilines is 2. The molecule has 5 nitrogen and oxygen atoms in total. The minimum Gasteiger partial charge on any atom is -0.370 e. The molecule has 0 spiro atoms. The van der Waals surface area contributed by atoms with Crippen LogP contribution in [-0.2, 0) is 0 Å². The van der Waals surface area contributed by atoms with Gasteiger partial charge in [0.15, 0.2) is 0 Å². The first kappa shape index (κ1) is 17.9. The van der Waals surface area contributed by atoms with Gasteiger partial charge in [0.1, 0.15) is 17.3 Å². The molecule has 0 aliphatic heterocycles. The van der Waals surface area contributed by atoms with Gasteiger partial charge < -0.3 is 10.2 Å². The number of aryl methyl sites for hydroxylation is 2. The largest absolute Gasteiger partial charge is 0.370 e. The Labute approximate surface area is 144 Å². The van der Waals surface area contributed by atoms with E-state index in [2.05, 4.69) is 22.2 Å². The van der Waals surface area contributed by atoms with Crippen LogP contribution in [0.15, 0.2) is 30.3 Å². The number of rotatable bonds is 7. The van der Waals surface area contributed by atoms with Gasteiger partial charge in [0, 0.05) is 24.8 Å². The lowest BCUT2D eigenvalue weighted by Gasteiger charge is -2.21. The minimum absolute atomic E-state index is 0.104. The molecule has 1 aromatic heterocycles. The normalized spacial score (nSPS) is 10.5. The molecule has 24 heavy (non-hydrogen) atoms. The van der Waals surface area contributed by atoms with Crippen LogP contribution in [0.3, 0.4) is 0 Å². The molecular weight excluding hydrogens is 300 g/mol. The zero-order valence-corrected chi connectivity index (χ0v) is 15.0. The Morgan fingerprint density at radius 3 is 2.62 bits per heavy atom. The van der Waals surface area contributed by atoms with Crippen LogP contribution in [0.1, 0.15) is 48.6 Å². The van der Waals surface area contributed by atoms with Crippen molar-refractivity contribution in [3.05, 3.63) is 47.4 Å². The van der Waals surface area contributed by atoms with Gasteiger partial charge in [-0.25, -0.2) is 9.97 Å². The summed E-state index contributed by atoms with van der Waals surface area (Å²) in [6.45, 7) is 9.37. The van der Waals surface area contributed by atoms with E-state index in [0.29, 0.717) is 23.9 Å². The van der Waals surface area contributed by atoms with Crippen molar-refractivity contribution in [2.24, 2.45) is 0 Å². The fourth-order valence-electron chi connectivity index (χ4n) is 2.54. The van der Waals surface area contributed by atoms with Gasteiger partial charge in [-0.1, -0.05) is 25.5 Å². The predicted octanol–water partition coefficient (Wildman–Crippen LogP) is 3.97. The third kappa shape index (κ3) is 4.54. The van der Waals surface area contributed by atoms with Gasteiger partial charge in [0.25, 0.3) is 5.91 Å². The van der Waals surface area contributed by atoms with Crippen molar-refractivity contribution >= 4 is 17.4 Å². The number of carbonyl (C=O) groups is 1. The first-order valence-corrected chi connectivity index (χ1v) is 8.53. The summed E-state index contributed by atoms with van der Waals surface area (Å²) in [7, 11) is 0. The van der Waals surface area contributed by atoms with Crippen LogP contribution in [-0.4, -0.2) is 29.0 Å². The number of hydrogen-bond donors (Lipinski definition) is 1. The van der Waals surface area contributed by atoms with E-state index in [9.17, 15) is 4.79 Å². The van der Waals surface area contributed by atoms with Gasteiger partial charge in [-0.15, -0.1) is 0 Å². The number of amides is 1. The van der Waals surface area contributed by atoms with Crippen LogP contribution < -0.4 is 10.2 Å². The fraction of sp³-hybridized carbons (Fsp3) is 0.421. The maximum Gasteiger partial charge on any atom is 0.277 e. The molecule has 0 radical (unpaired) electrons. The second kappa shape index (κ2) is 8.43. The highest BCUT2D eigenvalue weighted by molar-refractivity contribution is 6.05. The Morgan fingerprint density at radius 1 is 1.17 bits per heavy atom. The summed E-state index contributed by atoms with van der Waals surface area (Å²) in [5, 5.41) is 3.27. The molecule has 5 heteroatoms. The zero-order valence-electron chi connectivity index (χ0n) is 15.0. The van der Waals surface area contributed by atoms with Gasteiger partial charge in [0.2, 0.25) is 0 Å². The minimum atomic E-state index is -0.104. The molecule has 0 unspecified atom stereocenters. The molecule has 0 fully saturated rings. The number of benzene rings is 1. The number of unbranched alkanes of at least 4 members (excludes halogenated alkanes) is 1. The summed E-state index contributed by atoms with van der Waals surface area (Å²) in [6.07, 6.45) is 2.18. The predicted molar refractivity (Wildman–Crippen MR) is 98.7 cm³/mol. The van der Waals surface area contributed by atoms with Gasteiger partial charge in [-0.3, -0.25) is 4.79 Å². The van der Waals surface area contributed by atoms with Crippen molar-refractivity contribution < 1.29 is 4.79 Å². The van der Waals surface area contributed by atoms with Crippen molar-refractivity contribution in [3.8, 4) is 0 Å². The Balaban J connectivity index is 2.26.